The molecule has 6 heteroatoms. The Bertz CT molecular complexity index is 1460. The van der Waals surface area contributed by atoms with Gasteiger partial charge < -0.3 is 20.9 Å². The van der Waals surface area contributed by atoms with Gasteiger partial charge in [0.05, 0.1) is 11.4 Å². The topological polar surface area (TPSA) is 70.5 Å². The van der Waals surface area contributed by atoms with Crippen molar-refractivity contribution in [3.05, 3.63) is 69.7 Å². The fourth-order valence-electron chi connectivity index (χ4n) is 11.9. The lowest BCUT2D eigenvalue weighted by molar-refractivity contribution is -0.00937. The van der Waals surface area contributed by atoms with Crippen molar-refractivity contribution in [3.8, 4) is 23.0 Å². The fourth-order valence-corrected chi connectivity index (χ4v) is 12.2. The van der Waals surface area contributed by atoms with Crippen LogP contribution in [0.4, 0.5) is 11.4 Å². The van der Waals surface area contributed by atoms with Crippen molar-refractivity contribution in [1.29, 1.82) is 0 Å². The summed E-state index contributed by atoms with van der Waals surface area (Å²) in [7, 11) is 0. The molecule has 3 aromatic rings. The summed E-state index contributed by atoms with van der Waals surface area (Å²) >= 11 is 12.9. The van der Waals surface area contributed by atoms with Gasteiger partial charge in [0, 0.05) is 39.4 Å². The summed E-state index contributed by atoms with van der Waals surface area (Å²) in [6.45, 7) is 0. The number of benzene rings is 3. The molecule has 8 aliphatic rings. The predicted octanol–water partition coefficient (Wildman–Crippen LogP) is 10.7. The molecule has 8 aliphatic carbocycles. The van der Waals surface area contributed by atoms with Crippen LogP contribution in [0.15, 0.2) is 48.5 Å². The van der Waals surface area contributed by atoms with Crippen LogP contribution in [0.3, 0.4) is 0 Å². The molecule has 0 heterocycles. The highest BCUT2D eigenvalue weighted by Gasteiger charge is 2.55. The number of ether oxygens (including phenoxy) is 2. The number of nitrogens with two attached hydrogens (primary N) is 2. The highest BCUT2D eigenvalue weighted by atomic mass is 35.5. The molecule has 8 bridgehead atoms. The van der Waals surface area contributed by atoms with Gasteiger partial charge in [-0.2, -0.15) is 0 Å². The maximum atomic E-state index is 6.87. The van der Waals surface area contributed by atoms with Crippen LogP contribution in [0.25, 0.3) is 0 Å². The zero-order valence-corrected chi connectivity index (χ0v) is 26.8. The van der Waals surface area contributed by atoms with E-state index in [0.29, 0.717) is 32.9 Å². The predicted molar refractivity (Wildman–Crippen MR) is 178 cm³/mol. The molecule has 0 unspecified atom stereocenters. The second kappa shape index (κ2) is 9.97. The van der Waals surface area contributed by atoms with Crippen LogP contribution in [0, 0.1) is 35.5 Å². The molecule has 0 radical (unpaired) electrons. The van der Waals surface area contributed by atoms with E-state index >= 15 is 0 Å². The van der Waals surface area contributed by atoms with Crippen LogP contribution in [0.1, 0.15) is 88.2 Å². The molecule has 4 nitrogen and oxygen atoms in total. The van der Waals surface area contributed by atoms with E-state index < -0.39 is 0 Å². The standard InChI is InChI=1S/C38H42Cl2N2O2/c39-27-1-3-31(41)35(11-27)43-33-14-34(44-36-12-28(40)2-4-32(36)42)30(38-18-24-8-25(19-38)10-26(9-24)20-38)13-29(33)37-15-21-5-22(16-37)7-23(6-21)17-37/h1-4,11-14,21-26H,5-10,15-20,41-42H2. The number of nitrogen functional groups attached to an aromatic ring is 2. The molecule has 0 atom stereocenters. The summed E-state index contributed by atoms with van der Waals surface area (Å²) in [5, 5.41) is 1.22. The van der Waals surface area contributed by atoms with Crippen molar-refractivity contribution < 1.29 is 9.47 Å². The second-order valence-corrected chi connectivity index (χ2v) is 16.7. The van der Waals surface area contributed by atoms with Crippen molar-refractivity contribution in [3.63, 3.8) is 0 Å². The van der Waals surface area contributed by atoms with Gasteiger partial charge in [-0.05, 0) is 154 Å². The Morgan fingerprint density at radius 1 is 0.477 bits per heavy atom. The third kappa shape index (κ3) is 4.53. The molecule has 0 aromatic heterocycles. The van der Waals surface area contributed by atoms with Gasteiger partial charge in [-0.25, -0.2) is 0 Å². The maximum Gasteiger partial charge on any atom is 0.151 e. The minimum atomic E-state index is 0.127. The van der Waals surface area contributed by atoms with Crippen LogP contribution in [0.5, 0.6) is 23.0 Å². The Labute approximate surface area is 270 Å². The molecule has 44 heavy (non-hydrogen) atoms. The molecular weight excluding hydrogens is 587 g/mol. The van der Waals surface area contributed by atoms with Gasteiger partial charge in [0.2, 0.25) is 0 Å². The molecule has 8 saturated carbocycles. The first-order valence-corrected chi connectivity index (χ1v) is 17.6. The number of rotatable bonds is 6. The van der Waals surface area contributed by atoms with Crippen LogP contribution in [-0.2, 0) is 10.8 Å². The lowest BCUT2D eigenvalue weighted by atomic mass is 9.46. The normalized spacial score (nSPS) is 36.1. The monoisotopic (exact) mass is 628 g/mol. The van der Waals surface area contributed by atoms with Gasteiger partial charge in [-0.3, -0.25) is 0 Å². The molecule has 230 valence electrons. The average Bonchev–Trinajstić information content (AvgIpc) is 2.95. The number of hydrogen-bond acceptors (Lipinski definition) is 4. The van der Waals surface area contributed by atoms with Crippen LogP contribution >= 0.6 is 23.2 Å². The van der Waals surface area contributed by atoms with Crippen molar-refractivity contribution in [2.75, 3.05) is 11.5 Å². The molecule has 0 aliphatic heterocycles. The van der Waals surface area contributed by atoms with E-state index in [1.54, 1.807) is 0 Å². The summed E-state index contributed by atoms with van der Waals surface area (Å²) in [5.74, 6) is 7.79. The number of hydrogen-bond donors (Lipinski definition) is 2. The van der Waals surface area contributed by atoms with Crippen LogP contribution in [0.2, 0.25) is 10.0 Å². The van der Waals surface area contributed by atoms with E-state index in [-0.39, 0.29) is 10.8 Å². The number of halogens is 2. The van der Waals surface area contributed by atoms with Crippen molar-refractivity contribution in [2.24, 2.45) is 35.5 Å². The molecular formula is C38H42Cl2N2O2. The minimum absolute atomic E-state index is 0.127. The van der Waals surface area contributed by atoms with Gasteiger partial charge in [0.15, 0.2) is 11.5 Å². The SMILES string of the molecule is Nc1ccc(Cl)cc1Oc1cc(Oc2cc(Cl)ccc2N)c(C23CC4CC(CC(C4)C2)C3)cc1C12CC3CC(CC(C3)C1)C2. The number of anilines is 2. The molecule has 11 rings (SSSR count). The van der Waals surface area contributed by atoms with Crippen molar-refractivity contribution in [2.45, 2.75) is 87.9 Å². The Balaban J connectivity index is 1.25. The van der Waals surface area contributed by atoms with Crippen molar-refractivity contribution in [1.82, 2.24) is 0 Å². The summed E-state index contributed by atoms with van der Waals surface area (Å²) in [5.41, 5.74) is 17.1. The summed E-state index contributed by atoms with van der Waals surface area (Å²) in [4.78, 5) is 0. The van der Waals surface area contributed by atoms with Gasteiger partial charge in [0.1, 0.15) is 11.5 Å². The van der Waals surface area contributed by atoms with Gasteiger partial charge in [0.25, 0.3) is 0 Å². The van der Waals surface area contributed by atoms with E-state index in [4.69, 9.17) is 44.1 Å². The molecule has 0 spiro atoms. The zero-order chi connectivity index (χ0) is 29.8. The Morgan fingerprint density at radius 2 is 0.818 bits per heavy atom. The Kier molecular flexibility index (Phi) is 6.28. The average molecular weight is 630 g/mol. The van der Waals surface area contributed by atoms with Crippen LogP contribution < -0.4 is 20.9 Å². The first kappa shape index (κ1) is 27.7. The van der Waals surface area contributed by atoms with E-state index in [1.165, 1.54) is 88.2 Å². The quantitative estimate of drug-likeness (QED) is 0.266. The molecule has 4 N–H and O–H groups in total. The van der Waals surface area contributed by atoms with E-state index in [2.05, 4.69) is 12.1 Å². The smallest absolute Gasteiger partial charge is 0.151 e. The first-order chi connectivity index (χ1) is 21.2. The van der Waals surface area contributed by atoms with Gasteiger partial charge in [-0.1, -0.05) is 23.2 Å². The summed E-state index contributed by atoms with van der Waals surface area (Å²) in [6, 6.07) is 15.7. The Morgan fingerprint density at radius 3 is 1.16 bits per heavy atom. The van der Waals surface area contributed by atoms with Crippen molar-refractivity contribution >= 4 is 34.6 Å². The molecule has 8 fully saturated rings. The fraction of sp³-hybridized carbons (Fsp3) is 0.526. The van der Waals surface area contributed by atoms with Gasteiger partial charge >= 0.3 is 0 Å². The summed E-state index contributed by atoms with van der Waals surface area (Å²) < 4.78 is 13.7. The third-order valence-corrected chi connectivity index (χ3v) is 13.2. The first-order valence-electron chi connectivity index (χ1n) is 16.9. The minimum Gasteiger partial charge on any atom is -0.455 e. The third-order valence-electron chi connectivity index (χ3n) is 12.7. The second-order valence-electron chi connectivity index (χ2n) is 15.8. The largest absolute Gasteiger partial charge is 0.455 e. The Hall–Kier alpha value is -2.56. The molecule has 0 saturated heterocycles. The highest BCUT2D eigenvalue weighted by Crippen LogP contribution is 2.66. The molecule has 3 aromatic carbocycles. The van der Waals surface area contributed by atoms with E-state index in [0.717, 1.165) is 47.0 Å². The zero-order valence-electron chi connectivity index (χ0n) is 25.3. The van der Waals surface area contributed by atoms with E-state index in [9.17, 15) is 0 Å². The highest BCUT2D eigenvalue weighted by molar-refractivity contribution is 6.31. The molecule has 0 amide bonds. The van der Waals surface area contributed by atoms with Gasteiger partial charge in [-0.15, -0.1) is 0 Å². The van der Waals surface area contributed by atoms with Crippen LogP contribution in [-0.4, -0.2) is 0 Å². The lowest BCUT2D eigenvalue weighted by Crippen LogP contribution is -2.50. The maximum absolute atomic E-state index is 6.87. The summed E-state index contributed by atoms with van der Waals surface area (Å²) in [6.07, 6.45) is 15.9. The lowest BCUT2D eigenvalue weighted by Gasteiger charge is -2.58. The van der Waals surface area contributed by atoms with E-state index in [1.807, 2.05) is 36.4 Å².